The molecule has 1 aromatic heterocycles. The Balaban J connectivity index is 2.09. The van der Waals surface area contributed by atoms with Gasteiger partial charge in [-0.05, 0) is 26.3 Å². The van der Waals surface area contributed by atoms with E-state index in [1.807, 2.05) is 13.8 Å². The summed E-state index contributed by atoms with van der Waals surface area (Å²) < 4.78 is 32.6. The molecule has 8 heteroatoms. The SMILES string of the molecule is CCNCc1c(S(=O)(=O)NC2CC(OC)C2)n[nH]c1C. The molecule has 0 unspecified atom stereocenters. The van der Waals surface area contributed by atoms with E-state index in [9.17, 15) is 8.42 Å². The fourth-order valence-corrected chi connectivity index (χ4v) is 3.70. The van der Waals surface area contributed by atoms with E-state index in [0.29, 0.717) is 24.9 Å². The van der Waals surface area contributed by atoms with Crippen molar-refractivity contribution in [3.05, 3.63) is 11.3 Å². The van der Waals surface area contributed by atoms with Crippen LogP contribution in [0.15, 0.2) is 5.03 Å². The predicted octanol–water partition coefficient (Wildman–Crippen LogP) is 0.283. The molecule has 0 saturated heterocycles. The summed E-state index contributed by atoms with van der Waals surface area (Å²) in [5.41, 5.74) is 1.47. The maximum atomic E-state index is 12.4. The summed E-state index contributed by atoms with van der Waals surface area (Å²) in [6.45, 7) is 5.06. The second kappa shape index (κ2) is 6.21. The van der Waals surface area contributed by atoms with Crippen molar-refractivity contribution in [1.82, 2.24) is 20.2 Å². The number of aromatic nitrogens is 2. The maximum Gasteiger partial charge on any atom is 0.260 e. The third kappa shape index (κ3) is 3.20. The molecule has 20 heavy (non-hydrogen) atoms. The number of aryl methyl sites for hydroxylation is 1. The van der Waals surface area contributed by atoms with Crippen molar-refractivity contribution in [3.8, 4) is 0 Å². The highest BCUT2D eigenvalue weighted by Gasteiger charge is 2.34. The molecule has 0 radical (unpaired) electrons. The quantitative estimate of drug-likeness (QED) is 0.672. The van der Waals surface area contributed by atoms with Crippen LogP contribution in [-0.4, -0.2) is 44.4 Å². The predicted molar refractivity (Wildman–Crippen MR) is 74.8 cm³/mol. The molecule has 0 aromatic carbocycles. The van der Waals surface area contributed by atoms with Gasteiger partial charge in [-0.1, -0.05) is 6.92 Å². The zero-order chi connectivity index (χ0) is 14.8. The number of nitrogens with zero attached hydrogens (tertiary/aromatic N) is 1. The van der Waals surface area contributed by atoms with Gasteiger partial charge >= 0.3 is 0 Å². The molecular formula is C12H22N4O3S. The van der Waals surface area contributed by atoms with Gasteiger partial charge in [-0.15, -0.1) is 0 Å². The molecule has 0 aliphatic heterocycles. The van der Waals surface area contributed by atoms with E-state index in [2.05, 4.69) is 20.2 Å². The summed E-state index contributed by atoms with van der Waals surface area (Å²) in [6.07, 6.45) is 1.58. The van der Waals surface area contributed by atoms with Crippen molar-refractivity contribution < 1.29 is 13.2 Å². The standard InChI is InChI=1S/C12H22N4O3S/c1-4-13-7-11-8(2)14-15-12(11)20(17,18)16-9-5-10(6-9)19-3/h9-10,13,16H,4-7H2,1-3H3,(H,14,15). The first-order chi connectivity index (χ1) is 9.47. The average molecular weight is 302 g/mol. The highest BCUT2D eigenvalue weighted by molar-refractivity contribution is 7.89. The summed E-state index contributed by atoms with van der Waals surface area (Å²) >= 11 is 0. The number of aromatic amines is 1. The molecule has 1 heterocycles. The summed E-state index contributed by atoms with van der Waals surface area (Å²) in [6, 6.07) is -0.0612. The van der Waals surface area contributed by atoms with Gasteiger partial charge in [-0.25, -0.2) is 13.1 Å². The maximum absolute atomic E-state index is 12.4. The van der Waals surface area contributed by atoms with Crippen molar-refractivity contribution >= 4 is 10.0 Å². The van der Waals surface area contributed by atoms with Crippen LogP contribution in [0.2, 0.25) is 0 Å². The second-order valence-electron chi connectivity index (χ2n) is 5.06. The molecule has 1 aromatic rings. The number of nitrogens with one attached hydrogen (secondary N) is 3. The van der Waals surface area contributed by atoms with Crippen LogP contribution in [0, 0.1) is 6.92 Å². The van der Waals surface area contributed by atoms with Crippen molar-refractivity contribution in [3.63, 3.8) is 0 Å². The number of H-pyrrole nitrogens is 1. The number of sulfonamides is 1. The van der Waals surface area contributed by atoms with Crippen molar-refractivity contribution in [1.29, 1.82) is 0 Å². The lowest BCUT2D eigenvalue weighted by molar-refractivity contribution is 0.0236. The zero-order valence-corrected chi connectivity index (χ0v) is 12.9. The van der Waals surface area contributed by atoms with Crippen LogP contribution in [-0.2, 0) is 21.3 Å². The van der Waals surface area contributed by atoms with Crippen LogP contribution in [0.4, 0.5) is 0 Å². The minimum Gasteiger partial charge on any atom is -0.381 e. The molecule has 0 spiro atoms. The molecule has 1 aliphatic carbocycles. The molecule has 0 atom stereocenters. The Morgan fingerprint density at radius 2 is 2.15 bits per heavy atom. The normalized spacial score (nSPS) is 22.8. The van der Waals surface area contributed by atoms with Crippen molar-refractivity contribution in [2.45, 2.75) is 50.4 Å². The number of methoxy groups -OCH3 is 1. The van der Waals surface area contributed by atoms with Gasteiger partial charge in [0.25, 0.3) is 10.0 Å². The minimum atomic E-state index is -3.58. The van der Waals surface area contributed by atoms with E-state index in [1.54, 1.807) is 7.11 Å². The first-order valence-corrected chi connectivity index (χ1v) is 8.26. The van der Waals surface area contributed by atoms with E-state index in [0.717, 1.165) is 12.2 Å². The molecule has 3 N–H and O–H groups in total. The fourth-order valence-electron chi connectivity index (χ4n) is 2.24. The molecule has 1 aliphatic rings. The Labute approximate surface area is 119 Å². The molecule has 114 valence electrons. The van der Waals surface area contributed by atoms with Crippen molar-refractivity contribution in [2.24, 2.45) is 0 Å². The van der Waals surface area contributed by atoms with Crippen LogP contribution >= 0.6 is 0 Å². The Hall–Kier alpha value is -0.960. The molecule has 7 nitrogen and oxygen atoms in total. The molecule has 0 amide bonds. The third-order valence-electron chi connectivity index (χ3n) is 3.59. The molecule has 0 bridgehead atoms. The second-order valence-corrected chi connectivity index (χ2v) is 6.69. The number of hydrogen-bond donors (Lipinski definition) is 3. The van der Waals surface area contributed by atoms with Gasteiger partial charge in [0, 0.05) is 31.0 Å². The summed E-state index contributed by atoms with van der Waals surface area (Å²) in [7, 11) is -1.94. The van der Waals surface area contributed by atoms with E-state index < -0.39 is 10.0 Å². The van der Waals surface area contributed by atoms with Gasteiger partial charge in [0.15, 0.2) is 5.03 Å². The lowest BCUT2D eigenvalue weighted by Gasteiger charge is -2.34. The van der Waals surface area contributed by atoms with Gasteiger partial charge in [0.2, 0.25) is 0 Å². The van der Waals surface area contributed by atoms with Crippen LogP contribution < -0.4 is 10.0 Å². The number of rotatable bonds is 7. The first kappa shape index (κ1) is 15.4. The number of ether oxygens (including phenoxy) is 1. The Morgan fingerprint density at radius 1 is 1.45 bits per heavy atom. The summed E-state index contributed by atoms with van der Waals surface area (Å²) in [5, 5.41) is 9.92. The fraction of sp³-hybridized carbons (Fsp3) is 0.750. The molecule has 2 rings (SSSR count). The monoisotopic (exact) mass is 302 g/mol. The van der Waals surface area contributed by atoms with Crippen molar-refractivity contribution in [2.75, 3.05) is 13.7 Å². The first-order valence-electron chi connectivity index (χ1n) is 6.77. The molecule has 1 fully saturated rings. The number of hydrogen-bond acceptors (Lipinski definition) is 5. The summed E-state index contributed by atoms with van der Waals surface area (Å²) in [5.74, 6) is 0. The minimum absolute atomic E-state index is 0.0612. The van der Waals surface area contributed by atoms with Crippen LogP contribution in [0.25, 0.3) is 0 Å². The largest absolute Gasteiger partial charge is 0.381 e. The third-order valence-corrected chi connectivity index (χ3v) is 5.08. The smallest absolute Gasteiger partial charge is 0.260 e. The van der Waals surface area contributed by atoms with Gasteiger partial charge in [-0.2, -0.15) is 5.10 Å². The topological polar surface area (TPSA) is 96.1 Å². The Bertz CT molecular complexity index is 549. The summed E-state index contributed by atoms with van der Waals surface area (Å²) in [4.78, 5) is 0. The Kier molecular flexibility index (Phi) is 4.79. The van der Waals surface area contributed by atoms with E-state index >= 15 is 0 Å². The van der Waals surface area contributed by atoms with E-state index in [1.165, 1.54) is 0 Å². The average Bonchev–Trinajstić information content (AvgIpc) is 2.73. The Morgan fingerprint density at radius 3 is 2.75 bits per heavy atom. The highest BCUT2D eigenvalue weighted by Crippen LogP contribution is 2.25. The van der Waals surface area contributed by atoms with Gasteiger partial charge < -0.3 is 10.1 Å². The van der Waals surface area contributed by atoms with Gasteiger partial charge in [0.1, 0.15) is 0 Å². The van der Waals surface area contributed by atoms with Gasteiger partial charge in [0.05, 0.1) is 6.10 Å². The van der Waals surface area contributed by atoms with E-state index in [-0.39, 0.29) is 17.2 Å². The lowest BCUT2D eigenvalue weighted by atomic mass is 9.90. The molecular weight excluding hydrogens is 280 g/mol. The van der Waals surface area contributed by atoms with Crippen LogP contribution in [0.3, 0.4) is 0 Å². The lowest BCUT2D eigenvalue weighted by Crippen LogP contribution is -2.47. The molecule has 1 saturated carbocycles. The van der Waals surface area contributed by atoms with E-state index in [4.69, 9.17) is 4.74 Å². The zero-order valence-electron chi connectivity index (χ0n) is 12.1. The van der Waals surface area contributed by atoms with Gasteiger partial charge in [-0.3, -0.25) is 5.10 Å². The highest BCUT2D eigenvalue weighted by atomic mass is 32.2. The van der Waals surface area contributed by atoms with Crippen LogP contribution in [0.5, 0.6) is 0 Å². The van der Waals surface area contributed by atoms with Crippen LogP contribution in [0.1, 0.15) is 31.0 Å².